The molecule has 1 heterocycles. The normalized spacial score (nSPS) is 11.1. The van der Waals surface area contributed by atoms with Gasteiger partial charge < -0.3 is 0 Å². The maximum Gasteiger partial charge on any atom is 0.0444 e. The first kappa shape index (κ1) is 10.0. The Labute approximate surface area is 93.5 Å². The number of rotatable bonds is 2. The van der Waals surface area contributed by atoms with Gasteiger partial charge in [-0.05, 0) is 46.9 Å². The van der Waals surface area contributed by atoms with Crippen molar-refractivity contribution in [2.45, 2.75) is 26.7 Å². The van der Waals surface area contributed by atoms with Crippen LogP contribution in [0.4, 0.5) is 0 Å². The lowest BCUT2D eigenvalue weighted by Gasteiger charge is -2.01. The first-order valence-corrected chi connectivity index (χ1v) is 6.20. The number of hydrogen-bond acceptors (Lipinski definition) is 1. The van der Waals surface area contributed by atoms with Crippen molar-refractivity contribution in [3.8, 4) is 0 Å². The molecule has 0 spiro atoms. The summed E-state index contributed by atoms with van der Waals surface area (Å²) in [6.07, 6.45) is 2.09. The van der Waals surface area contributed by atoms with Gasteiger partial charge >= 0.3 is 0 Å². The van der Waals surface area contributed by atoms with Crippen molar-refractivity contribution >= 4 is 33.0 Å². The van der Waals surface area contributed by atoms with Gasteiger partial charge in [0.15, 0.2) is 0 Å². The first-order valence-electron chi connectivity index (χ1n) is 4.94. The first-order chi connectivity index (χ1) is 6.76. The summed E-state index contributed by atoms with van der Waals surface area (Å²) in [6.45, 7) is 4.32. The van der Waals surface area contributed by atoms with E-state index in [1.165, 1.54) is 21.2 Å². The zero-order chi connectivity index (χ0) is 10.1. The molecule has 2 rings (SSSR count). The van der Waals surface area contributed by atoms with Crippen LogP contribution in [0, 0.1) is 0 Å². The Bertz CT molecular complexity index is 457. The van der Waals surface area contributed by atoms with Crippen molar-refractivity contribution in [3.05, 3.63) is 33.7 Å². The molecule has 0 aliphatic carbocycles. The Kier molecular flexibility index (Phi) is 2.80. The lowest BCUT2D eigenvalue weighted by molar-refractivity contribution is 1.14. The highest BCUT2D eigenvalue weighted by molar-refractivity contribution is 7.17. The van der Waals surface area contributed by atoms with Gasteiger partial charge in [0.05, 0.1) is 0 Å². The third-order valence-electron chi connectivity index (χ3n) is 2.58. The summed E-state index contributed by atoms with van der Waals surface area (Å²) in [6, 6.07) is 4.34. The third kappa shape index (κ3) is 1.55. The van der Waals surface area contributed by atoms with Gasteiger partial charge in [-0.1, -0.05) is 25.4 Å². The molecule has 2 aromatic rings. The van der Waals surface area contributed by atoms with Crippen LogP contribution in [0.5, 0.6) is 0 Å². The topological polar surface area (TPSA) is 0 Å². The van der Waals surface area contributed by atoms with Crippen molar-refractivity contribution in [1.82, 2.24) is 0 Å². The van der Waals surface area contributed by atoms with Gasteiger partial charge in [-0.3, -0.25) is 0 Å². The number of aryl methyl sites for hydroxylation is 2. The van der Waals surface area contributed by atoms with Crippen LogP contribution in [0.2, 0.25) is 5.02 Å². The molecule has 0 nitrogen and oxygen atoms in total. The van der Waals surface area contributed by atoms with Crippen LogP contribution in [0.3, 0.4) is 0 Å². The average molecular weight is 225 g/mol. The summed E-state index contributed by atoms with van der Waals surface area (Å²) < 4.78 is 1.36. The van der Waals surface area contributed by atoms with E-state index < -0.39 is 0 Å². The SMILES string of the molecule is CCc1cc2scc(CC)c2cc1Cl. The Morgan fingerprint density at radius 3 is 2.50 bits per heavy atom. The zero-order valence-corrected chi connectivity index (χ0v) is 10.0. The molecule has 0 aliphatic heterocycles. The van der Waals surface area contributed by atoms with E-state index >= 15 is 0 Å². The molecule has 0 radical (unpaired) electrons. The van der Waals surface area contributed by atoms with Crippen LogP contribution in [0.25, 0.3) is 10.1 Å². The molecule has 74 valence electrons. The second-order valence-corrected chi connectivity index (χ2v) is 4.73. The van der Waals surface area contributed by atoms with Crippen molar-refractivity contribution in [3.63, 3.8) is 0 Å². The predicted octanol–water partition coefficient (Wildman–Crippen LogP) is 4.68. The van der Waals surface area contributed by atoms with E-state index in [9.17, 15) is 0 Å². The van der Waals surface area contributed by atoms with E-state index in [1.807, 2.05) is 11.3 Å². The maximum atomic E-state index is 6.19. The zero-order valence-electron chi connectivity index (χ0n) is 8.43. The minimum atomic E-state index is 0.910. The van der Waals surface area contributed by atoms with E-state index in [0.29, 0.717) is 0 Å². The number of thiophene rings is 1. The molecule has 0 atom stereocenters. The van der Waals surface area contributed by atoms with Crippen LogP contribution in [0.15, 0.2) is 17.5 Å². The fourth-order valence-electron chi connectivity index (χ4n) is 1.69. The number of hydrogen-bond donors (Lipinski definition) is 0. The van der Waals surface area contributed by atoms with Crippen molar-refractivity contribution in [1.29, 1.82) is 0 Å². The van der Waals surface area contributed by atoms with E-state index in [1.54, 1.807) is 0 Å². The Balaban J connectivity index is 2.69. The molecule has 0 aliphatic rings. The van der Waals surface area contributed by atoms with Gasteiger partial charge in [0, 0.05) is 9.72 Å². The third-order valence-corrected chi connectivity index (χ3v) is 3.93. The molecule has 1 aromatic carbocycles. The van der Waals surface area contributed by atoms with Crippen LogP contribution < -0.4 is 0 Å². The smallest absolute Gasteiger partial charge is 0.0444 e. The van der Waals surface area contributed by atoms with E-state index in [0.717, 1.165) is 17.9 Å². The largest absolute Gasteiger partial charge is 0.144 e. The molecule has 0 N–H and O–H groups in total. The highest BCUT2D eigenvalue weighted by Crippen LogP contribution is 2.31. The lowest BCUT2D eigenvalue weighted by atomic mass is 10.1. The summed E-state index contributed by atoms with van der Waals surface area (Å²) >= 11 is 8.01. The molecule has 0 bridgehead atoms. The molecule has 0 saturated carbocycles. The highest BCUT2D eigenvalue weighted by Gasteiger charge is 2.06. The molecule has 0 unspecified atom stereocenters. The average Bonchev–Trinajstić information content (AvgIpc) is 2.58. The number of halogens is 1. The van der Waals surface area contributed by atoms with E-state index in [4.69, 9.17) is 11.6 Å². The quantitative estimate of drug-likeness (QED) is 0.695. The standard InChI is InChI=1S/C12H13ClS/c1-3-8-5-12-10(6-11(8)13)9(4-2)7-14-12/h5-7H,3-4H2,1-2H3. The summed E-state index contributed by atoms with van der Waals surface area (Å²) in [5.41, 5.74) is 2.67. The van der Waals surface area contributed by atoms with Gasteiger partial charge in [-0.15, -0.1) is 11.3 Å². The van der Waals surface area contributed by atoms with Gasteiger partial charge in [0.25, 0.3) is 0 Å². The van der Waals surface area contributed by atoms with Gasteiger partial charge in [0.1, 0.15) is 0 Å². The molecule has 2 heteroatoms. The monoisotopic (exact) mass is 224 g/mol. The number of benzene rings is 1. The molecule has 1 aromatic heterocycles. The second-order valence-electron chi connectivity index (χ2n) is 3.41. The van der Waals surface area contributed by atoms with Gasteiger partial charge in [0.2, 0.25) is 0 Å². The van der Waals surface area contributed by atoms with Crippen LogP contribution in [-0.4, -0.2) is 0 Å². The predicted molar refractivity (Wildman–Crippen MR) is 65.6 cm³/mol. The molecule has 0 amide bonds. The Morgan fingerprint density at radius 1 is 1.14 bits per heavy atom. The molecular weight excluding hydrogens is 212 g/mol. The van der Waals surface area contributed by atoms with Gasteiger partial charge in [-0.25, -0.2) is 0 Å². The molecule has 0 fully saturated rings. The summed E-state index contributed by atoms with van der Waals surface area (Å²) in [4.78, 5) is 0. The number of fused-ring (bicyclic) bond motifs is 1. The second kappa shape index (κ2) is 3.92. The van der Waals surface area contributed by atoms with Gasteiger partial charge in [-0.2, -0.15) is 0 Å². The minimum Gasteiger partial charge on any atom is -0.144 e. The lowest BCUT2D eigenvalue weighted by Crippen LogP contribution is -1.82. The molecular formula is C12H13ClS. The summed E-state index contributed by atoms with van der Waals surface area (Å²) in [5.74, 6) is 0. The fraction of sp³-hybridized carbons (Fsp3) is 0.333. The fourth-order valence-corrected chi connectivity index (χ4v) is 3.07. The van der Waals surface area contributed by atoms with Crippen molar-refractivity contribution < 1.29 is 0 Å². The van der Waals surface area contributed by atoms with E-state index in [2.05, 4.69) is 31.4 Å². The molecule has 14 heavy (non-hydrogen) atoms. The molecule has 0 saturated heterocycles. The Hall–Kier alpha value is -0.530. The van der Waals surface area contributed by atoms with E-state index in [-0.39, 0.29) is 0 Å². The van der Waals surface area contributed by atoms with Crippen molar-refractivity contribution in [2.75, 3.05) is 0 Å². The summed E-state index contributed by atoms with van der Waals surface area (Å²) in [7, 11) is 0. The highest BCUT2D eigenvalue weighted by atomic mass is 35.5. The van der Waals surface area contributed by atoms with Crippen LogP contribution in [-0.2, 0) is 12.8 Å². The minimum absolute atomic E-state index is 0.910. The Morgan fingerprint density at radius 2 is 1.86 bits per heavy atom. The van der Waals surface area contributed by atoms with Crippen LogP contribution in [0.1, 0.15) is 25.0 Å². The van der Waals surface area contributed by atoms with Crippen molar-refractivity contribution in [2.24, 2.45) is 0 Å². The summed E-state index contributed by atoms with van der Waals surface area (Å²) in [5, 5.41) is 4.48. The maximum absolute atomic E-state index is 6.19. The van der Waals surface area contributed by atoms with Crippen LogP contribution >= 0.6 is 22.9 Å².